The molecule has 2 heterocycles. The van der Waals surface area contributed by atoms with Gasteiger partial charge < -0.3 is 10.2 Å². The second-order valence-corrected chi connectivity index (χ2v) is 5.19. The first kappa shape index (κ1) is 14.3. The molecule has 1 aromatic carbocycles. The number of para-hydroxylation sites is 1. The summed E-state index contributed by atoms with van der Waals surface area (Å²) in [6.07, 6.45) is 2.63. The van der Waals surface area contributed by atoms with E-state index in [1.807, 2.05) is 18.2 Å². The zero-order valence-corrected chi connectivity index (χ0v) is 12.5. The van der Waals surface area contributed by atoms with Gasteiger partial charge in [0, 0.05) is 24.8 Å². The standard InChI is InChI=1S/C17H18N4O/c1-3-9-18-16-11-14(19-12(2)20-16)17(22)21-10-8-13-6-4-5-7-15(13)21/h3-7,11H,1,8-10H2,2H3,(H,18,19,20). The minimum absolute atomic E-state index is 0.0860. The third-order valence-corrected chi connectivity index (χ3v) is 3.62. The first-order valence-electron chi connectivity index (χ1n) is 7.29. The molecule has 0 atom stereocenters. The number of benzene rings is 1. The van der Waals surface area contributed by atoms with Gasteiger partial charge in [0.2, 0.25) is 0 Å². The maximum Gasteiger partial charge on any atom is 0.277 e. The van der Waals surface area contributed by atoms with Crippen molar-refractivity contribution in [3.63, 3.8) is 0 Å². The molecule has 1 aromatic heterocycles. The number of nitrogens with one attached hydrogen (secondary N) is 1. The first-order chi connectivity index (χ1) is 10.7. The zero-order chi connectivity index (χ0) is 15.5. The molecule has 3 rings (SSSR count). The Labute approximate surface area is 129 Å². The third-order valence-electron chi connectivity index (χ3n) is 3.62. The molecular weight excluding hydrogens is 276 g/mol. The molecule has 2 aromatic rings. The van der Waals surface area contributed by atoms with E-state index in [4.69, 9.17) is 0 Å². The van der Waals surface area contributed by atoms with Crippen molar-refractivity contribution in [3.8, 4) is 0 Å². The molecule has 5 heteroatoms. The number of carbonyl (C=O) groups is 1. The molecule has 1 N–H and O–H groups in total. The molecule has 0 aliphatic carbocycles. The van der Waals surface area contributed by atoms with E-state index in [-0.39, 0.29) is 5.91 Å². The van der Waals surface area contributed by atoms with Crippen molar-refractivity contribution in [2.45, 2.75) is 13.3 Å². The summed E-state index contributed by atoms with van der Waals surface area (Å²) in [5.41, 5.74) is 2.59. The molecule has 1 aliphatic heterocycles. The lowest BCUT2D eigenvalue weighted by atomic mass is 10.2. The van der Waals surface area contributed by atoms with Gasteiger partial charge in [0.15, 0.2) is 0 Å². The van der Waals surface area contributed by atoms with Crippen LogP contribution in [0.5, 0.6) is 0 Å². The molecule has 112 valence electrons. The Bertz CT molecular complexity index is 726. The number of anilines is 2. The Kier molecular flexibility index (Phi) is 3.87. The molecular formula is C17H18N4O. The van der Waals surface area contributed by atoms with Crippen LogP contribution >= 0.6 is 0 Å². The van der Waals surface area contributed by atoms with Crippen LogP contribution in [0.25, 0.3) is 0 Å². The van der Waals surface area contributed by atoms with Gasteiger partial charge in [-0.3, -0.25) is 4.79 Å². The Morgan fingerprint density at radius 3 is 3.05 bits per heavy atom. The Balaban J connectivity index is 1.90. The summed E-state index contributed by atoms with van der Waals surface area (Å²) in [6.45, 7) is 6.73. The van der Waals surface area contributed by atoms with Crippen molar-refractivity contribution >= 4 is 17.4 Å². The molecule has 0 spiro atoms. The highest BCUT2D eigenvalue weighted by atomic mass is 16.2. The molecule has 5 nitrogen and oxygen atoms in total. The number of aromatic nitrogens is 2. The molecule has 22 heavy (non-hydrogen) atoms. The van der Waals surface area contributed by atoms with Crippen molar-refractivity contribution in [1.82, 2.24) is 9.97 Å². The summed E-state index contributed by atoms with van der Waals surface area (Å²) < 4.78 is 0. The van der Waals surface area contributed by atoms with Crippen LogP contribution in [0.1, 0.15) is 21.9 Å². The lowest BCUT2D eigenvalue weighted by molar-refractivity contribution is 0.0984. The largest absolute Gasteiger partial charge is 0.366 e. The van der Waals surface area contributed by atoms with Crippen LogP contribution in [0.2, 0.25) is 0 Å². The SMILES string of the molecule is C=CCNc1cc(C(=O)N2CCc3ccccc32)nc(C)n1. The van der Waals surface area contributed by atoms with E-state index in [1.54, 1.807) is 24.0 Å². The van der Waals surface area contributed by atoms with Gasteiger partial charge in [-0.2, -0.15) is 0 Å². The fraction of sp³-hybridized carbons (Fsp3) is 0.235. The van der Waals surface area contributed by atoms with Crippen LogP contribution in [-0.4, -0.2) is 29.0 Å². The monoisotopic (exact) mass is 294 g/mol. The summed E-state index contributed by atoms with van der Waals surface area (Å²) in [5, 5.41) is 3.10. The van der Waals surface area contributed by atoms with Gasteiger partial charge in [0.1, 0.15) is 17.3 Å². The minimum atomic E-state index is -0.0860. The van der Waals surface area contributed by atoms with Gasteiger partial charge in [-0.25, -0.2) is 9.97 Å². The minimum Gasteiger partial charge on any atom is -0.366 e. The number of fused-ring (bicyclic) bond motifs is 1. The molecule has 0 saturated heterocycles. The Hall–Kier alpha value is -2.69. The van der Waals surface area contributed by atoms with E-state index in [0.29, 0.717) is 30.4 Å². The molecule has 0 saturated carbocycles. The second-order valence-electron chi connectivity index (χ2n) is 5.19. The van der Waals surface area contributed by atoms with Crippen LogP contribution in [0.3, 0.4) is 0 Å². The van der Waals surface area contributed by atoms with Crippen molar-refractivity contribution in [2.24, 2.45) is 0 Å². The molecule has 0 unspecified atom stereocenters. The quantitative estimate of drug-likeness (QED) is 0.881. The summed E-state index contributed by atoms with van der Waals surface area (Å²) in [5.74, 6) is 1.13. The summed E-state index contributed by atoms with van der Waals surface area (Å²) in [6, 6.07) is 9.68. The smallest absolute Gasteiger partial charge is 0.277 e. The van der Waals surface area contributed by atoms with Crippen LogP contribution in [0.4, 0.5) is 11.5 Å². The summed E-state index contributed by atoms with van der Waals surface area (Å²) in [4.78, 5) is 23.1. The molecule has 1 aliphatic rings. The van der Waals surface area contributed by atoms with E-state index >= 15 is 0 Å². The average Bonchev–Trinajstić information content (AvgIpc) is 2.95. The number of hydrogen-bond acceptors (Lipinski definition) is 4. The van der Waals surface area contributed by atoms with Gasteiger partial charge in [-0.1, -0.05) is 24.3 Å². The van der Waals surface area contributed by atoms with Gasteiger partial charge >= 0.3 is 0 Å². The van der Waals surface area contributed by atoms with Crippen molar-refractivity contribution in [2.75, 3.05) is 23.3 Å². The van der Waals surface area contributed by atoms with E-state index in [1.165, 1.54) is 5.56 Å². The first-order valence-corrected chi connectivity index (χ1v) is 7.29. The predicted molar refractivity (Wildman–Crippen MR) is 87.3 cm³/mol. The van der Waals surface area contributed by atoms with E-state index in [2.05, 4.69) is 27.9 Å². The van der Waals surface area contributed by atoms with Crippen molar-refractivity contribution in [3.05, 3.63) is 60.1 Å². The maximum atomic E-state index is 12.8. The lowest BCUT2D eigenvalue weighted by Gasteiger charge is -2.17. The number of nitrogens with zero attached hydrogens (tertiary/aromatic N) is 3. The number of aryl methyl sites for hydroxylation is 1. The van der Waals surface area contributed by atoms with E-state index in [9.17, 15) is 4.79 Å². The number of amides is 1. The van der Waals surface area contributed by atoms with Gasteiger partial charge in [-0.15, -0.1) is 6.58 Å². The number of carbonyl (C=O) groups excluding carboxylic acids is 1. The normalized spacial score (nSPS) is 12.9. The van der Waals surface area contributed by atoms with Crippen LogP contribution in [0, 0.1) is 6.92 Å². The van der Waals surface area contributed by atoms with Crippen molar-refractivity contribution < 1.29 is 4.79 Å². The van der Waals surface area contributed by atoms with E-state index in [0.717, 1.165) is 12.1 Å². The molecule has 0 bridgehead atoms. The van der Waals surface area contributed by atoms with Gasteiger partial charge in [0.05, 0.1) is 0 Å². The Morgan fingerprint density at radius 1 is 1.41 bits per heavy atom. The fourth-order valence-corrected chi connectivity index (χ4v) is 2.63. The van der Waals surface area contributed by atoms with Gasteiger partial charge in [0.25, 0.3) is 5.91 Å². The van der Waals surface area contributed by atoms with E-state index < -0.39 is 0 Å². The Morgan fingerprint density at radius 2 is 2.23 bits per heavy atom. The molecule has 0 fully saturated rings. The maximum absolute atomic E-state index is 12.8. The fourth-order valence-electron chi connectivity index (χ4n) is 2.63. The topological polar surface area (TPSA) is 58.1 Å². The number of hydrogen-bond donors (Lipinski definition) is 1. The summed E-state index contributed by atoms with van der Waals surface area (Å²) >= 11 is 0. The summed E-state index contributed by atoms with van der Waals surface area (Å²) in [7, 11) is 0. The highest BCUT2D eigenvalue weighted by Crippen LogP contribution is 2.28. The zero-order valence-electron chi connectivity index (χ0n) is 12.5. The van der Waals surface area contributed by atoms with Crippen LogP contribution < -0.4 is 10.2 Å². The van der Waals surface area contributed by atoms with Crippen LogP contribution in [0.15, 0.2) is 43.0 Å². The van der Waals surface area contributed by atoms with Gasteiger partial charge in [-0.05, 0) is 25.0 Å². The van der Waals surface area contributed by atoms with Crippen LogP contribution in [-0.2, 0) is 6.42 Å². The average molecular weight is 294 g/mol. The highest BCUT2D eigenvalue weighted by Gasteiger charge is 2.26. The predicted octanol–water partition coefficient (Wildman–Crippen LogP) is 2.59. The highest BCUT2D eigenvalue weighted by molar-refractivity contribution is 6.06. The third kappa shape index (κ3) is 2.70. The lowest BCUT2D eigenvalue weighted by Crippen LogP contribution is -2.30. The second kappa shape index (κ2) is 5.97. The molecule has 1 amide bonds. The molecule has 0 radical (unpaired) electrons. The van der Waals surface area contributed by atoms with Crippen molar-refractivity contribution in [1.29, 1.82) is 0 Å². The number of rotatable bonds is 4.